The van der Waals surface area contributed by atoms with Gasteiger partial charge in [0, 0.05) is 26.3 Å². The molecule has 7 nitrogen and oxygen atoms in total. The minimum Gasteiger partial charge on any atom is -0.282 e. The van der Waals surface area contributed by atoms with E-state index >= 15 is 0 Å². The minimum atomic E-state index is -3.44. The molecule has 2 aromatic heterocycles. The van der Waals surface area contributed by atoms with E-state index in [0.717, 1.165) is 35.6 Å². The van der Waals surface area contributed by atoms with Crippen molar-refractivity contribution in [2.45, 2.75) is 25.8 Å². The van der Waals surface area contributed by atoms with Crippen LogP contribution < -0.4 is 0 Å². The van der Waals surface area contributed by atoms with Crippen molar-refractivity contribution in [1.82, 2.24) is 23.8 Å². The van der Waals surface area contributed by atoms with Gasteiger partial charge in [-0.1, -0.05) is 6.07 Å². The van der Waals surface area contributed by atoms with E-state index in [0.29, 0.717) is 6.54 Å². The maximum Gasteiger partial charge on any atom is 0.282 e. The molecule has 3 rings (SSSR count). The summed E-state index contributed by atoms with van der Waals surface area (Å²) in [6.45, 7) is 2.46. The molecule has 124 valence electrons. The lowest BCUT2D eigenvalue weighted by Crippen LogP contribution is -2.39. The molecule has 3 heterocycles. The third kappa shape index (κ3) is 3.01. The Morgan fingerprint density at radius 3 is 2.74 bits per heavy atom. The summed E-state index contributed by atoms with van der Waals surface area (Å²) in [4.78, 5) is 4.65. The van der Waals surface area contributed by atoms with Gasteiger partial charge in [-0.2, -0.15) is 22.1 Å². The molecule has 0 amide bonds. The van der Waals surface area contributed by atoms with Crippen LogP contribution in [0.5, 0.6) is 0 Å². The van der Waals surface area contributed by atoms with Gasteiger partial charge in [-0.05, 0) is 38.0 Å². The highest BCUT2D eigenvalue weighted by Crippen LogP contribution is 2.34. The Balaban J connectivity index is 1.95. The zero-order chi connectivity index (χ0) is 16.6. The first kappa shape index (κ1) is 16.1. The van der Waals surface area contributed by atoms with Crippen molar-refractivity contribution in [1.29, 1.82) is 0 Å². The highest BCUT2D eigenvalue weighted by Gasteiger charge is 2.37. The van der Waals surface area contributed by atoms with E-state index in [9.17, 15) is 8.42 Å². The van der Waals surface area contributed by atoms with Crippen molar-refractivity contribution < 1.29 is 8.42 Å². The quantitative estimate of drug-likeness (QED) is 0.922. The number of rotatable bonds is 4. The maximum atomic E-state index is 12.5. The third-order valence-electron chi connectivity index (χ3n) is 4.04. The molecule has 1 saturated heterocycles. The van der Waals surface area contributed by atoms with E-state index in [-0.39, 0.29) is 6.04 Å². The molecule has 1 fully saturated rings. The fourth-order valence-corrected chi connectivity index (χ4v) is 4.16. The Morgan fingerprint density at radius 1 is 1.30 bits per heavy atom. The molecule has 0 bridgehead atoms. The van der Waals surface area contributed by atoms with Gasteiger partial charge in [-0.25, -0.2) is 4.98 Å². The van der Waals surface area contributed by atoms with Crippen LogP contribution in [0.1, 0.15) is 30.3 Å². The van der Waals surface area contributed by atoms with Gasteiger partial charge in [0.1, 0.15) is 5.69 Å². The van der Waals surface area contributed by atoms with Gasteiger partial charge in [0.25, 0.3) is 10.2 Å². The third-order valence-corrected chi connectivity index (χ3v) is 5.99. The van der Waals surface area contributed by atoms with Crippen LogP contribution in [0.3, 0.4) is 0 Å². The SMILES string of the molecule is Cc1cc(-c2cccc([C@H]3CCCN3S(=O)(=O)N(C)C)n2)n[nH]1. The number of hydrogen-bond acceptors (Lipinski definition) is 4. The van der Waals surface area contributed by atoms with Crippen molar-refractivity contribution in [2.75, 3.05) is 20.6 Å². The second-order valence-corrected chi connectivity index (χ2v) is 8.04. The number of pyridine rings is 1. The average molecular weight is 335 g/mol. The van der Waals surface area contributed by atoms with Gasteiger partial charge >= 0.3 is 0 Å². The van der Waals surface area contributed by atoms with Crippen LogP contribution in [0.2, 0.25) is 0 Å². The molecule has 0 aromatic carbocycles. The van der Waals surface area contributed by atoms with Gasteiger partial charge in [-0.15, -0.1) is 0 Å². The van der Waals surface area contributed by atoms with Gasteiger partial charge in [0.05, 0.1) is 17.4 Å². The predicted molar refractivity (Wildman–Crippen MR) is 87.8 cm³/mol. The molecule has 0 aliphatic carbocycles. The first-order valence-corrected chi connectivity index (χ1v) is 8.98. The molecule has 1 atom stereocenters. The lowest BCUT2D eigenvalue weighted by atomic mass is 10.1. The van der Waals surface area contributed by atoms with Gasteiger partial charge in [-0.3, -0.25) is 5.10 Å². The average Bonchev–Trinajstić information content (AvgIpc) is 3.16. The topological polar surface area (TPSA) is 82.2 Å². The fourth-order valence-electron chi connectivity index (χ4n) is 2.85. The Morgan fingerprint density at radius 2 is 2.09 bits per heavy atom. The molecule has 1 N–H and O–H groups in total. The number of aromatic amines is 1. The van der Waals surface area contributed by atoms with Crippen molar-refractivity contribution in [2.24, 2.45) is 0 Å². The molecule has 0 saturated carbocycles. The number of nitrogens with one attached hydrogen (secondary N) is 1. The lowest BCUT2D eigenvalue weighted by molar-refractivity contribution is 0.358. The zero-order valence-corrected chi connectivity index (χ0v) is 14.3. The largest absolute Gasteiger partial charge is 0.282 e. The molecule has 2 aromatic rings. The number of nitrogens with zero attached hydrogens (tertiary/aromatic N) is 4. The summed E-state index contributed by atoms with van der Waals surface area (Å²) in [7, 11) is -0.329. The van der Waals surface area contributed by atoms with Gasteiger partial charge in [0.15, 0.2) is 0 Å². The summed E-state index contributed by atoms with van der Waals surface area (Å²) in [5.74, 6) is 0. The summed E-state index contributed by atoms with van der Waals surface area (Å²) in [6, 6.07) is 7.38. The Labute approximate surface area is 136 Å². The number of H-pyrrole nitrogens is 1. The van der Waals surface area contributed by atoms with E-state index in [4.69, 9.17) is 0 Å². The summed E-state index contributed by atoms with van der Waals surface area (Å²) >= 11 is 0. The van der Waals surface area contributed by atoms with Crippen LogP contribution in [-0.2, 0) is 10.2 Å². The van der Waals surface area contributed by atoms with Crippen molar-refractivity contribution in [3.8, 4) is 11.4 Å². The number of aromatic nitrogens is 3. The molecule has 1 aliphatic heterocycles. The first-order valence-electron chi connectivity index (χ1n) is 7.58. The van der Waals surface area contributed by atoms with Gasteiger partial charge in [0.2, 0.25) is 0 Å². The Hall–Kier alpha value is -1.77. The van der Waals surface area contributed by atoms with Crippen LogP contribution in [0.25, 0.3) is 11.4 Å². The fraction of sp³-hybridized carbons (Fsp3) is 0.467. The van der Waals surface area contributed by atoms with Crippen LogP contribution in [-0.4, -0.2) is 52.8 Å². The number of aryl methyl sites for hydroxylation is 1. The summed E-state index contributed by atoms with van der Waals surface area (Å²) in [6.07, 6.45) is 1.62. The molecule has 23 heavy (non-hydrogen) atoms. The normalized spacial score (nSPS) is 19.6. The van der Waals surface area contributed by atoms with Crippen LogP contribution in [0.15, 0.2) is 24.3 Å². The van der Waals surface area contributed by atoms with E-state index in [1.807, 2.05) is 31.2 Å². The molecule has 8 heteroatoms. The molecule has 0 spiro atoms. The molecule has 1 aliphatic rings. The Kier molecular flexibility index (Phi) is 4.22. The van der Waals surface area contributed by atoms with Crippen molar-refractivity contribution >= 4 is 10.2 Å². The second-order valence-electron chi connectivity index (χ2n) is 5.94. The monoisotopic (exact) mass is 335 g/mol. The standard InChI is InChI=1S/C15H21N5O2S/c1-11-10-14(18-17-11)12-6-4-7-13(16-12)15-8-5-9-20(15)23(21,22)19(2)3/h4,6-7,10,15H,5,8-9H2,1-3H3,(H,17,18)/t15-/m1/s1. The highest BCUT2D eigenvalue weighted by molar-refractivity contribution is 7.86. The molecular formula is C15H21N5O2S. The summed E-state index contributed by atoms with van der Waals surface area (Å²) in [5.41, 5.74) is 3.25. The molecular weight excluding hydrogens is 314 g/mol. The smallest absolute Gasteiger partial charge is 0.282 e. The highest BCUT2D eigenvalue weighted by atomic mass is 32.2. The minimum absolute atomic E-state index is 0.220. The van der Waals surface area contributed by atoms with E-state index in [1.54, 1.807) is 14.1 Å². The molecule has 0 radical (unpaired) electrons. The van der Waals surface area contributed by atoms with Crippen molar-refractivity contribution in [3.05, 3.63) is 35.7 Å². The van der Waals surface area contributed by atoms with E-state index in [1.165, 1.54) is 8.61 Å². The maximum absolute atomic E-state index is 12.5. The molecule has 0 unspecified atom stereocenters. The Bertz CT molecular complexity index is 800. The summed E-state index contributed by atoms with van der Waals surface area (Å²) in [5, 5.41) is 7.12. The van der Waals surface area contributed by atoms with Crippen LogP contribution in [0.4, 0.5) is 0 Å². The van der Waals surface area contributed by atoms with Crippen LogP contribution in [0, 0.1) is 6.92 Å². The first-order chi connectivity index (χ1) is 10.9. The van der Waals surface area contributed by atoms with Crippen LogP contribution >= 0.6 is 0 Å². The lowest BCUT2D eigenvalue weighted by Gasteiger charge is -2.26. The predicted octanol–water partition coefficient (Wildman–Crippen LogP) is 1.72. The number of hydrogen-bond donors (Lipinski definition) is 1. The van der Waals surface area contributed by atoms with E-state index < -0.39 is 10.2 Å². The van der Waals surface area contributed by atoms with E-state index in [2.05, 4.69) is 15.2 Å². The van der Waals surface area contributed by atoms with Gasteiger partial charge < -0.3 is 0 Å². The zero-order valence-electron chi connectivity index (χ0n) is 13.5. The summed E-state index contributed by atoms with van der Waals surface area (Å²) < 4.78 is 27.8. The second kappa shape index (κ2) is 6.03. The van der Waals surface area contributed by atoms with Crippen molar-refractivity contribution in [3.63, 3.8) is 0 Å².